The van der Waals surface area contributed by atoms with Gasteiger partial charge in [0.15, 0.2) is 11.5 Å². The van der Waals surface area contributed by atoms with Crippen molar-refractivity contribution in [2.45, 2.75) is 23.8 Å². The molecular formula is C18H19FN2O5S. The Kier molecular flexibility index (Phi) is 4.88. The van der Waals surface area contributed by atoms with Crippen molar-refractivity contribution in [1.29, 1.82) is 0 Å². The Morgan fingerprint density at radius 2 is 1.81 bits per heavy atom. The zero-order valence-electron chi connectivity index (χ0n) is 14.5. The molecule has 4 rings (SSSR count). The van der Waals surface area contributed by atoms with Gasteiger partial charge in [-0.1, -0.05) is 6.07 Å². The highest BCUT2D eigenvalue weighted by molar-refractivity contribution is 7.89. The fraction of sp³-hybridized carbons (Fsp3) is 0.389. The predicted octanol–water partition coefficient (Wildman–Crippen LogP) is 2.22. The highest BCUT2D eigenvalue weighted by atomic mass is 32.2. The number of sulfonamides is 1. The number of piperidine rings is 1. The molecule has 27 heavy (non-hydrogen) atoms. The molecule has 0 spiro atoms. The Morgan fingerprint density at radius 1 is 1.07 bits per heavy atom. The van der Waals surface area contributed by atoms with E-state index in [0.29, 0.717) is 50.6 Å². The van der Waals surface area contributed by atoms with Crippen molar-refractivity contribution in [3.05, 3.63) is 42.3 Å². The molecule has 2 aliphatic rings. The smallest absolute Gasteiger partial charge is 0.243 e. The van der Waals surface area contributed by atoms with Gasteiger partial charge >= 0.3 is 0 Å². The highest BCUT2D eigenvalue weighted by Gasteiger charge is 2.31. The molecule has 0 atom stereocenters. The second-order valence-corrected chi connectivity index (χ2v) is 8.26. The quantitative estimate of drug-likeness (QED) is 0.740. The van der Waals surface area contributed by atoms with Gasteiger partial charge in [-0.05, 0) is 31.0 Å². The van der Waals surface area contributed by atoms with Crippen LogP contribution in [0.5, 0.6) is 17.4 Å². The molecule has 2 aromatic rings. The lowest BCUT2D eigenvalue weighted by atomic mass is 10.1. The van der Waals surface area contributed by atoms with Gasteiger partial charge in [0.2, 0.25) is 21.9 Å². The maximum atomic E-state index is 13.1. The molecule has 0 saturated carbocycles. The first-order valence-corrected chi connectivity index (χ1v) is 10.2. The number of fused-ring (bicyclic) bond motifs is 1. The topological polar surface area (TPSA) is 78.0 Å². The minimum atomic E-state index is -3.63. The lowest BCUT2D eigenvalue weighted by molar-refractivity contribution is 0.128. The van der Waals surface area contributed by atoms with Gasteiger partial charge in [0.25, 0.3) is 0 Å². The summed E-state index contributed by atoms with van der Waals surface area (Å²) in [4.78, 5) is 3.86. The number of rotatable bonds is 4. The van der Waals surface area contributed by atoms with Crippen molar-refractivity contribution in [3.8, 4) is 17.4 Å². The Labute approximate surface area is 156 Å². The Morgan fingerprint density at radius 3 is 2.56 bits per heavy atom. The van der Waals surface area contributed by atoms with E-state index >= 15 is 0 Å². The van der Waals surface area contributed by atoms with E-state index in [4.69, 9.17) is 14.2 Å². The molecule has 0 N–H and O–H groups in total. The summed E-state index contributed by atoms with van der Waals surface area (Å²) in [6.07, 6.45) is 0.801. The third-order valence-electron chi connectivity index (χ3n) is 4.53. The molecule has 0 amide bonds. The van der Waals surface area contributed by atoms with E-state index in [1.807, 2.05) is 0 Å². The van der Waals surface area contributed by atoms with Gasteiger partial charge < -0.3 is 14.2 Å². The van der Waals surface area contributed by atoms with Crippen molar-refractivity contribution in [2.75, 3.05) is 26.3 Å². The number of hydrogen-bond donors (Lipinski definition) is 0. The first-order valence-electron chi connectivity index (χ1n) is 8.71. The Balaban J connectivity index is 1.42. The fourth-order valence-corrected chi connectivity index (χ4v) is 4.64. The molecule has 144 valence electrons. The lowest BCUT2D eigenvalue weighted by Crippen LogP contribution is -2.41. The summed E-state index contributed by atoms with van der Waals surface area (Å²) in [5.41, 5.74) is 0. The summed E-state index contributed by atoms with van der Waals surface area (Å²) in [6.45, 7) is 1.48. The van der Waals surface area contributed by atoms with E-state index in [2.05, 4.69) is 4.98 Å². The SMILES string of the molecule is O=S(=O)(c1ccc2c(c1)OCCO2)N1CCC(Oc2cccc(F)n2)CC1. The molecule has 0 bridgehead atoms. The van der Waals surface area contributed by atoms with E-state index < -0.39 is 16.0 Å². The molecule has 2 aliphatic heterocycles. The van der Waals surface area contributed by atoms with E-state index in [1.165, 1.54) is 28.6 Å². The van der Waals surface area contributed by atoms with E-state index in [1.54, 1.807) is 12.1 Å². The van der Waals surface area contributed by atoms with Crippen LogP contribution in [-0.4, -0.2) is 50.1 Å². The first-order chi connectivity index (χ1) is 13.0. The van der Waals surface area contributed by atoms with Gasteiger partial charge in [0.05, 0.1) is 4.90 Å². The predicted molar refractivity (Wildman–Crippen MR) is 94.0 cm³/mol. The summed E-state index contributed by atoms with van der Waals surface area (Å²) >= 11 is 0. The van der Waals surface area contributed by atoms with Gasteiger partial charge in [0, 0.05) is 25.2 Å². The van der Waals surface area contributed by atoms with Crippen molar-refractivity contribution in [2.24, 2.45) is 0 Å². The van der Waals surface area contributed by atoms with Crippen LogP contribution in [0.3, 0.4) is 0 Å². The number of ether oxygens (including phenoxy) is 3. The summed E-state index contributed by atoms with van der Waals surface area (Å²) in [7, 11) is -3.63. The summed E-state index contributed by atoms with van der Waals surface area (Å²) in [6, 6.07) is 9.01. The molecule has 0 radical (unpaired) electrons. The van der Waals surface area contributed by atoms with Gasteiger partial charge in [-0.15, -0.1) is 0 Å². The van der Waals surface area contributed by atoms with Crippen LogP contribution in [0.2, 0.25) is 0 Å². The standard InChI is InChI=1S/C18H19FN2O5S/c19-17-2-1-3-18(20-17)26-13-6-8-21(9-7-13)27(22,23)14-4-5-15-16(12-14)25-11-10-24-15/h1-5,12-13H,6-11H2. The number of aromatic nitrogens is 1. The summed E-state index contributed by atoms with van der Waals surface area (Å²) < 4.78 is 57.0. The Bertz CT molecular complexity index is 929. The average molecular weight is 394 g/mol. The molecular weight excluding hydrogens is 375 g/mol. The summed E-state index contributed by atoms with van der Waals surface area (Å²) in [5, 5.41) is 0. The molecule has 1 saturated heterocycles. The first kappa shape index (κ1) is 18.0. The second kappa shape index (κ2) is 7.32. The maximum absolute atomic E-state index is 13.1. The molecule has 3 heterocycles. The average Bonchev–Trinajstić information content (AvgIpc) is 2.68. The second-order valence-electron chi connectivity index (χ2n) is 6.33. The van der Waals surface area contributed by atoms with Crippen molar-refractivity contribution < 1.29 is 27.0 Å². The van der Waals surface area contributed by atoms with Gasteiger partial charge in [0.1, 0.15) is 19.3 Å². The summed E-state index contributed by atoms with van der Waals surface area (Å²) in [5.74, 6) is 0.599. The monoisotopic (exact) mass is 394 g/mol. The van der Waals surface area contributed by atoms with Gasteiger partial charge in [-0.3, -0.25) is 0 Å². The minimum absolute atomic E-state index is 0.179. The number of nitrogens with zero attached hydrogens (tertiary/aromatic N) is 2. The van der Waals surface area contributed by atoms with Crippen LogP contribution >= 0.6 is 0 Å². The third-order valence-corrected chi connectivity index (χ3v) is 6.42. The molecule has 7 nitrogen and oxygen atoms in total. The fourth-order valence-electron chi connectivity index (χ4n) is 3.15. The highest BCUT2D eigenvalue weighted by Crippen LogP contribution is 2.33. The maximum Gasteiger partial charge on any atom is 0.243 e. The molecule has 1 aromatic heterocycles. The number of halogens is 1. The molecule has 1 aromatic carbocycles. The van der Waals surface area contributed by atoms with Crippen LogP contribution in [-0.2, 0) is 10.0 Å². The van der Waals surface area contributed by atoms with Crippen LogP contribution in [0.4, 0.5) is 4.39 Å². The van der Waals surface area contributed by atoms with Gasteiger partial charge in [-0.2, -0.15) is 13.7 Å². The molecule has 0 aliphatic carbocycles. The molecule has 9 heteroatoms. The minimum Gasteiger partial charge on any atom is -0.486 e. The largest absolute Gasteiger partial charge is 0.486 e. The zero-order chi connectivity index (χ0) is 18.9. The van der Waals surface area contributed by atoms with Crippen molar-refractivity contribution >= 4 is 10.0 Å². The number of pyridine rings is 1. The van der Waals surface area contributed by atoms with Crippen LogP contribution in [0, 0.1) is 5.95 Å². The lowest BCUT2D eigenvalue weighted by Gasteiger charge is -2.31. The molecule has 1 fully saturated rings. The Hall–Kier alpha value is -2.39. The molecule has 0 unspecified atom stereocenters. The van der Waals surface area contributed by atoms with Crippen molar-refractivity contribution in [3.63, 3.8) is 0 Å². The van der Waals surface area contributed by atoms with Crippen LogP contribution in [0.25, 0.3) is 0 Å². The zero-order valence-corrected chi connectivity index (χ0v) is 15.3. The van der Waals surface area contributed by atoms with Crippen molar-refractivity contribution in [1.82, 2.24) is 9.29 Å². The van der Waals surface area contributed by atoms with E-state index in [-0.39, 0.29) is 16.9 Å². The van der Waals surface area contributed by atoms with E-state index in [9.17, 15) is 12.8 Å². The van der Waals surface area contributed by atoms with Crippen LogP contribution in [0.1, 0.15) is 12.8 Å². The number of hydrogen-bond acceptors (Lipinski definition) is 6. The van der Waals surface area contributed by atoms with Crippen LogP contribution in [0.15, 0.2) is 41.3 Å². The van der Waals surface area contributed by atoms with Gasteiger partial charge in [-0.25, -0.2) is 8.42 Å². The van der Waals surface area contributed by atoms with Crippen LogP contribution < -0.4 is 14.2 Å². The number of benzene rings is 1. The third kappa shape index (κ3) is 3.84. The van der Waals surface area contributed by atoms with E-state index in [0.717, 1.165) is 0 Å². The normalized spacial score (nSPS) is 18.3.